The fourth-order valence-electron chi connectivity index (χ4n) is 6.15. The van der Waals surface area contributed by atoms with Crippen molar-refractivity contribution in [1.82, 2.24) is 15.7 Å². The molecule has 3 N–H and O–H groups in total. The molecule has 0 atom stereocenters. The first kappa shape index (κ1) is 17.5. The molecule has 0 saturated heterocycles. The number of benzene rings is 1. The van der Waals surface area contributed by atoms with Crippen LogP contribution in [0.2, 0.25) is 0 Å². The average molecular weight is 378 g/mol. The summed E-state index contributed by atoms with van der Waals surface area (Å²) in [5.74, 6) is 1.92. The highest BCUT2D eigenvalue weighted by molar-refractivity contribution is 5.99. The highest BCUT2D eigenvalue weighted by atomic mass is 16.2. The molecule has 28 heavy (non-hydrogen) atoms. The smallest absolute Gasteiger partial charge is 0.259 e. The van der Waals surface area contributed by atoms with Crippen LogP contribution in [0.3, 0.4) is 0 Å². The molecule has 4 aliphatic carbocycles. The van der Waals surface area contributed by atoms with Gasteiger partial charge in [0.05, 0.1) is 12.8 Å². The summed E-state index contributed by atoms with van der Waals surface area (Å²) in [6.45, 7) is -0.0220. The SMILES string of the molecule is O=C(CNC(=O)C12CC3CC(CC(C3)C1)C2)N/N=C/c1c[nH]c2ccccc12. The Morgan fingerprint density at radius 2 is 1.79 bits per heavy atom. The molecule has 0 aliphatic heterocycles. The quantitative estimate of drug-likeness (QED) is 0.552. The number of amides is 2. The third-order valence-corrected chi connectivity index (χ3v) is 6.94. The van der Waals surface area contributed by atoms with Gasteiger partial charge in [-0.05, 0) is 62.3 Å². The Bertz CT molecular complexity index is 910. The lowest BCUT2D eigenvalue weighted by molar-refractivity contribution is -0.147. The molecule has 4 saturated carbocycles. The van der Waals surface area contributed by atoms with E-state index in [9.17, 15) is 9.59 Å². The summed E-state index contributed by atoms with van der Waals surface area (Å²) in [7, 11) is 0. The number of rotatable bonds is 5. The summed E-state index contributed by atoms with van der Waals surface area (Å²) < 4.78 is 0. The first-order valence-corrected chi connectivity index (χ1v) is 10.3. The molecule has 2 amide bonds. The Labute approximate surface area is 164 Å². The second-order valence-corrected chi connectivity index (χ2v) is 8.96. The van der Waals surface area contributed by atoms with Gasteiger partial charge in [-0.2, -0.15) is 5.10 Å². The summed E-state index contributed by atoms with van der Waals surface area (Å²) in [6.07, 6.45) is 10.4. The molecule has 4 fully saturated rings. The van der Waals surface area contributed by atoms with Crippen LogP contribution in [0.25, 0.3) is 10.9 Å². The minimum Gasteiger partial charge on any atom is -0.361 e. The van der Waals surface area contributed by atoms with Crippen LogP contribution in [-0.4, -0.2) is 29.6 Å². The summed E-state index contributed by atoms with van der Waals surface area (Å²) in [5, 5.41) is 7.97. The molecule has 1 aromatic heterocycles. The third-order valence-electron chi connectivity index (χ3n) is 6.94. The predicted molar refractivity (Wildman–Crippen MR) is 108 cm³/mol. The fourth-order valence-corrected chi connectivity index (χ4v) is 6.15. The molecular weight excluding hydrogens is 352 g/mol. The number of aromatic amines is 1. The van der Waals surface area contributed by atoms with Gasteiger partial charge in [0.25, 0.3) is 5.91 Å². The summed E-state index contributed by atoms with van der Waals surface area (Å²) >= 11 is 0. The first-order valence-electron chi connectivity index (χ1n) is 10.3. The molecule has 4 bridgehead atoms. The van der Waals surface area contributed by atoms with Crippen molar-refractivity contribution >= 4 is 28.9 Å². The van der Waals surface area contributed by atoms with Gasteiger partial charge in [-0.15, -0.1) is 0 Å². The van der Waals surface area contributed by atoms with Gasteiger partial charge in [0.1, 0.15) is 0 Å². The maximum absolute atomic E-state index is 12.9. The fraction of sp³-hybridized carbons (Fsp3) is 0.500. The number of nitrogens with one attached hydrogen (secondary N) is 3. The van der Waals surface area contributed by atoms with Gasteiger partial charge < -0.3 is 10.3 Å². The second kappa shape index (κ2) is 6.76. The number of carbonyl (C=O) groups is 2. The van der Waals surface area contributed by atoms with Gasteiger partial charge in [-0.1, -0.05) is 18.2 Å². The minimum absolute atomic E-state index is 0.0220. The molecule has 146 valence electrons. The molecule has 0 unspecified atom stereocenters. The molecule has 4 aliphatic rings. The van der Waals surface area contributed by atoms with Gasteiger partial charge in [-0.3, -0.25) is 9.59 Å². The van der Waals surface area contributed by atoms with E-state index in [2.05, 4.69) is 20.8 Å². The lowest BCUT2D eigenvalue weighted by Gasteiger charge is -2.55. The molecule has 0 radical (unpaired) electrons. The maximum Gasteiger partial charge on any atom is 0.259 e. The Hall–Kier alpha value is -2.63. The van der Waals surface area contributed by atoms with Gasteiger partial charge in [0.15, 0.2) is 0 Å². The van der Waals surface area contributed by atoms with Gasteiger partial charge in [0.2, 0.25) is 5.91 Å². The molecule has 1 heterocycles. The van der Waals surface area contributed by atoms with Crippen molar-refractivity contribution in [2.75, 3.05) is 6.54 Å². The highest BCUT2D eigenvalue weighted by Gasteiger charge is 2.54. The average Bonchev–Trinajstić information content (AvgIpc) is 3.08. The molecule has 2 aromatic rings. The first-order chi connectivity index (χ1) is 13.6. The second-order valence-electron chi connectivity index (χ2n) is 8.96. The maximum atomic E-state index is 12.9. The number of aromatic nitrogens is 1. The molecule has 6 heteroatoms. The molecule has 0 spiro atoms. The van der Waals surface area contributed by atoms with Crippen LogP contribution in [0.5, 0.6) is 0 Å². The Balaban J connectivity index is 1.15. The lowest BCUT2D eigenvalue weighted by atomic mass is 9.49. The van der Waals surface area contributed by atoms with Crippen LogP contribution >= 0.6 is 0 Å². The number of carbonyl (C=O) groups excluding carboxylic acids is 2. The molecular formula is C22H26N4O2. The number of hydrazone groups is 1. The number of nitrogens with zero attached hydrogens (tertiary/aromatic N) is 1. The van der Waals surface area contributed by atoms with Gasteiger partial charge in [0, 0.05) is 28.1 Å². The Kier molecular flexibility index (Phi) is 4.22. The van der Waals surface area contributed by atoms with Crippen LogP contribution in [0.1, 0.15) is 44.1 Å². The van der Waals surface area contributed by atoms with E-state index in [1.165, 1.54) is 19.3 Å². The van der Waals surface area contributed by atoms with Crippen molar-refractivity contribution in [2.45, 2.75) is 38.5 Å². The predicted octanol–water partition coefficient (Wildman–Crippen LogP) is 2.95. The molecule has 1 aromatic carbocycles. The number of H-pyrrole nitrogens is 1. The summed E-state index contributed by atoms with van der Waals surface area (Å²) in [4.78, 5) is 28.2. The van der Waals surface area contributed by atoms with Crippen LogP contribution < -0.4 is 10.7 Å². The normalized spacial score (nSPS) is 30.8. The van der Waals surface area contributed by atoms with E-state index in [4.69, 9.17) is 0 Å². The number of fused-ring (bicyclic) bond motifs is 1. The van der Waals surface area contributed by atoms with E-state index in [-0.39, 0.29) is 23.8 Å². The van der Waals surface area contributed by atoms with E-state index < -0.39 is 0 Å². The monoisotopic (exact) mass is 378 g/mol. The van der Waals surface area contributed by atoms with E-state index in [0.29, 0.717) is 17.8 Å². The van der Waals surface area contributed by atoms with Crippen LogP contribution in [0, 0.1) is 23.2 Å². The Morgan fingerprint density at radius 1 is 1.11 bits per heavy atom. The zero-order chi connectivity index (χ0) is 19.1. The van der Waals surface area contributed by atoms with E-state index >= 15 is 0 Å². The number of hydrogen-bond acceptors (Lipinski definition) is 3. The highest BCUT2D eigenvalue weighted by Crippen LogP contribution is 2.60. The van der Waals surface area contributed by atoms with Crippen LogP contribution in [0.4, 0.5) is 0 Å². The van der Waals surface area contributed by atoms with E-state index in [1.807, 2.05) is 30.5 Å². The van der Waals surface area contributed by atoms with Crippen molar-refractivity contribution < 1.29 is 9.59 Å². The molecule has 6 nitrogen and oxygen atoms in total. The van der Waals surface area contributed by atoms with Crippen molar-refractivity contribution in [1.29, 1.82) is 0 Å². The number of para-hydroxylation sites is 1. The minimum atomic E-state index is -0.297. The number of hydrogen-bond donors (Lipinski definition) is 3. The topological polar surface area (TPSA) is 86.3 Å². The zero-order valence-corrected chi connectivity index (χ0v) is 15.9. The van der Waals surface area contributed by atoms with Crippen molar-refractivity contribution in [3.8, 4) is 0 Å². The Morgan fingerprint density at radius 3 is 2.50 bits per heavy atom. The zero-order valence-electron chi connectivity index (χ0n) is 15.9. The van der Waals surface area contributed by atoms with Crippen molar-refractivity contribution in [2.24, 2.45) is 28.3 Å². The van der Waals surface area contributed by atoms with Gasteiger partial charge >= 0.3 is 0 Å². The lowest BCUT2D eigenvalue weighted by Crippen LogP contribution is -2.54. The molecule has 6 rings (SSSR count). The van der Waals surface area contributed by atoms with Gasteiger partial charge in [-0.25, -0.2) is 5.43 Å². The largest absolute Gasteiger partial charge is 0.361 e. The van der Waals surface area contributed by atoms with Crippen molar-refractivity contribution in [3.63, 3.8) is 0 Å². The van der Waals surface area contributed by atoms with E-state index in [1.54, 1.807) is 6.21 Å². The van der Waals surface area contributed by atoms with Crippen molar-refractivity contribution in [3.05, 3.63) is 36.0 Å². The third kappa shape index (κ3) is 3.11. The summed E-state index contributed by atoms with van der Waals surface area (Å²) in [5.41, 5.74) is 4.23. The van der Waals surface area contributed by atoms with Crippen LogP contribution in [-0.2, 0) is 9.59 Å². The van der Waals surface area contributed by atoms with E-state index in [0.717, 1.165) is 35.7 Å². The summed E-state index contributed by atoms with van der Waals surface area (Å²) in [6, 6.07) is 7.92. The standard InChI is InChI=1S/C22H26N4O2/c27-20(26-25-12-17-11-23-19-4-2-1-3-18(17)19)13-24-21(28)22-8-14-5-15(9-22)7-16(6-14)10-22/h1-4,11-12,14-16,23H,5-10,13H2,(H,24,28)(H,26,27)/b25-12+. The van der Waals surface area contributed by atoms with Crippen LogP contribution in [0.15, 0.2) is 35.6 Å².